The summed E-state index contributed by atoms with van der Waals surface area (Å²) >= 11 is 5.77. The normalized spacial score (nSPS) is 10.4. The van der Waals surface area contributed by atoms with Gasteiger partial charge in [-0.05, 0) is 42.5 Å². The highest BCUT2D eigenvalue weighted by molar-refractivity contribution is 6.30. The van der Waals surface area contributed by atoms with E-state index >= 15 is 0 Å². The lowest BCUT2D eigenvalue weighted by molar-refractivity contribution is -0.127. The molecule has 8 nitrogen and oxygen atoms in total. The van der Waals surface area contributed by atoms with Crippen LogP contribution < -0.4 is 25.0 Å². The van der Waals surface area contributed by atoms with Gasteiger partial charge in [0.2, 0.25) is 0 Å². The number of carbonyl (C=O) groups excluding carboxylic acids is 2. The third-order valence-corrected chi connectivity index (χ3v) is 3.71. The molecule has 0 bridgehead atoms. The van der Waals surface area contributed by atoms with Gasteiger partial charge in [-0.2, -0.15) is 5.10 Å². The van der Waals surface area contributed by atoms with E-state index in [0.717, 1.165) is 0 Å². The molecule has 0 atom stereocenters. The highest BCUT2D eigenvalue weighted by Crippen LogP contribution is 2.22. The van der Waals surface area contributed by atoms with Crippen LogP contribution >= 0.6 is 11.6 Å². The second-order valence-electron chi connectivity index (χ2n) is 5.42. The third-order valence-electron chi connectivity index (χ3n) is 3.46. The van der Waals surface area contributed by atoms with Crippen LogP contribution in [0.15, 0.2) is 47.6 Å². The van der Waals surface area contributed by atoms with Crippen LogP contribution in [0, 0.1) is 0 Å². The van der Waals surface area contributed by atoms with E-state index in [-0.39, 0.29) is 13.2 Å². The van der Waals surface area contributed by atoms with Crippen LogP contribution in [0.1, 0.15) is 5.56 Å². The van der Waals surface area contributed by atoms with Crippen molar-refractivity contribution in [2.45, 2.75) is 0 Å². The van der Waals surface area contributed by atoms with Crippen LogP contribution in [0.4, 0.5) is 0 Å². The lowest BCUT2D eigenvalue weighted by atomic mass is 10.2. The number of methoxy groups -OCH3 is 2. The van der Waals surface area contributed by atoms with Crippen molar-refractivity contribution >= 4 is 29.6 Å². The molecule has 2 aromatic carbocycles. The summed E-state index contributed by atoms with van der Waals surface area (Å²) in [6.07, 6.45) is 1.42. The maximum atomic E-state index is 11.8. The maximum Gasteiger partial charge on any atom is 0.259 e. The summed E-state index contributed by atoms with van der Waals surface area (Å²) in [5.74, 6) is 0.773. The lowest BCUT2D eigenvalue weighted by Crippen LogP contribution is -2.37. The summed E-state index contributed by atoms with van der Waals surface area (Å²) in [7, 11) is 3.07. The molecule has 9 heteroatoms. The minimum Gasteiger partial charge on any atom is -0.497 e. The Labute approximate surface area is 167 Å². The fourth-order valence-electron chi connectivity index (χ4n) is 2.06. The van der Waals surface area contributed by atoms with Crippen LogP contribution in [-0.4, -0.2) is 45.4 Å². The molecule has 0 aliphatic carbocycles. The molecule has 2 rings (SSSR count). The average Bonchev–Trinajstić information content (AvgIpc) is 2.71. The van der Waals surface area contributed by atoms with E-state index in [1.54, 1.807) is 49.6 Å². The highest BCUT2D eigenvalue weighted by Gasteiger charge is 2.07. The van der Waals surface area contributed by atoms with Crippen molar-refractivity contribution in [3.05, 3.63) is 53.1 Å². The second-order valence-corrected chi connectivity index (χ2v) is 5.86. The maximum absolute atomic E-state index is 11.8. The van der Waals surface area contributed by atoms with Crippen LogP contribution in [-0.2, 0) is 9.59 Å². The summed E-state index contributed by atoms with van der Waals surface area (Å²) in [5.41, 5.74) is 2.95. The van der Waals surface area contributed by atoms with Gasteiger partial charge in [-0.3, -0.25) is 9.59 Å². The average molecular weight is 406 g/mol. The SMILES string of the molecule is COc1ccc(OC)c(/C=N/NC(=O)CNC(=O)COc2ccc(Cl)cc2)c1. The Morgan fingerprint density at radius 3 is 2.43 bits per heavy atom. The fraction of sp³-hybridized carbons (Fsp3) is 0.211. The first kappa shape index (κ1) is 21.0. The van der Waals surface area contributed by atoms with Crippen LogP contribution in [0.3, 0.4) is 0 Å². The number of rotatable bonds is 9. The van der Waals surface area contributed by atoms with E-state index in [0.29, 0.717) is 27.8 Å². The van der Waals surface area contributed by atoms with Crippen molar-refractivity contribution in [3.63, 3.8) is 0 Å². The van der Waals surface area contributed by atoms with Crippen molar-refractivity contribution in [1.29, 1.82) is 0 Å². The zero-order valence-electron chi connectivity index (χ0n) is 15.4. The molecule has 28 heavy (non-hydrogen) atoms. The molecule has 0 unspecified atom stereocenters. The molecule has 0 aliphatic rings. The minimum absolute atomic E-state index is 0.223. The molecule has 0 aromatic heterocycles. The van der Waals surface area contributed by atoms with E-state index < -0.39 is 11.8 Å². The molecular weight excluding hydrogens is 386 g/mol. The Kier molecular flexibility index (Phi) is 8.11. The smallest absolute Gasteiger partial charge is 0.259 e. The standard InChI is InChI=1S/C19H20ClN3O5/c1-26-16-7-8-17(27-2)13(9-16)10-22-23-18(24)11-21-19(25)12-28-15-5-3-14(20)4-6-15/h3-10H,11-12H2,1-2H3,(H,21,25)(H,23,24)/b22-10+. The molecule has 148 valence electrons. The van der Waals surface area contributed by atoms with Gasteiger partial charge in [-0.25, -0.2) is 5.43 Å². The highest BCUT2D eigenvalue weighted by atomic mass is 35.5. The van der Waals surface area contributed by atoms with Gasteiger partial charge in [-0.1, -0.05) is 11.6 Å². The quantitative estimate of drug-likeness (QED) is 0.491. The third kappa shape index (κ3) is 6.81. The number of amides is 2. The van der Waals surface area contributed by atoms with E-state index in [9.17, 15) is 9.59 Å². The fourth-order valence-corrected chi connectivity index (χ4v) is 2.19. The number of hydrogen-bond acceptors (Lipinski definition) is 6. The Morgan fingerprint density at radius 2 is 1.75 bits per heavy atom. The summed E-state index contributed by atoms with van der Waals surface area (Å²) < 4.78 is 15.6. The molecule has 2 amide bonds. The number of hydrogen-bond donors (Lipinski definition) is 2. The second kappa shape index (κ2) is 10.8. The molecular formula is C19H20ClN3O5. The number of hydrazone groups is 1. The van der Waals surface area contributed by atoms with Gasteiger partial charge < -0.3 is 19.5 Å². The molecule has 0 spiro atoms. The zero-order valence-corrected chi connectivity index (χ0v) is 16.2. The topological polar surface area (TPSA) is 98.3 Å². The molecule has 0 radical (unpaired) electrons. The molecule has 0 fully saturated rings. The number of halogens is 1. The molecule has 0 saturated carbocycles. The predicted molar refractivity (Wildman–Crippen MR) is 105 cm³/mol. The van der Waals surface area contributed by atoms with Gasteiger partial charge >= 0.3 is 0 Å². The van der Waals surface area contributed by atoms with Gasteiger partial charge in [0.05, 0.1) is 27.0 Å². The number of benzene rings is 2. The Hall–Kier alpha value is -3.26. The molecule has 0 aliphatic heterocycles. The van der Waals surface area contributed by atoms with Gasteiger partial charge in [0.1, 0.15) is 17.2 Å². The van der Waals surface area contributed by atoms with Crippen LogP contribution in [0.2, 0.25) is 5.02 Å². The largest absolute Gasteiger partial charge is 0.497 e. The van der Waals surface area contributed by atoms with Crippen molar-refractivity contribution in [3.8, 4) is 17.2 Å². The van der Waals surface area contributed by atoms with Crippen LogP contribution in [0.25, 0.3) is 0 Å². The Balaban J connectivity index is 1.75. The first-order valence-corrected chi connectivity index (χ1v) is 8.58. The molecule has 2 aromatic rings. The van der Waals surface area contributed by atoms with Crippen molar-refractivity contribution in [1.82, 2.24) is 10.7 Å². The summed E-state index contributed by atoms with van der Waals surface area (Å²) in [6.45, 7) is -0.464. The Bertz CT molecular complexity index is 840. The first-order chi connectivity index (χ1) is 13.5. The Morgan fingerprint density at radius 1 is 1.04 bits per heavy atom. The summed E-state index contributed by atoms with van der Waals surface area (Å²) in [4.78, 5) is 23.5. The summed E-state index contributed by atoms with van der Waals surface area (Å²) in [5, 5.41) is 6.85. The predicted octanol–water partition coefficient (Wildman–Crippen LogP) is 2.00. The lowest BCUT2D eigenvalue weighted by Gasteiger charge is -2.07. The van der Waals surface area contributed by atoms with Gasteiger partial charge in [0, 0.05) is 10.6 Å². The summed E-state index contributed by atoms with van der Waals surface area (Å²) in [6, 6.07) is 11.8. The van der Waals surface area contributed by atoms with E-state index in [2.05, 4.69) is 15.8 Å². The number of carbonyl (C=O) groups is 2. The molecule has 0 saturated heterocycles. The van der Waals surface area contributed by atoms with E-state index in [1.165, 1.54) is 13.3 Å². The number of nitrogens with zero attached hydrogens (tertiary/aromatic N) is 1. The molecule has 2 N–H and O–H groups in total. The van der Waals surface area contributed by atoms with Gasteiger partial charge in [-0.15, -0.1) is 0 Å². The van der Waals surface area contributed by atoms with Gasteiger partial charge in [0.15, 0.2) is 6.61 Å². The monoisotopic (exact) mass is 405 g/mol. The zero-order chi connectivity index (χ0) is 20.4. The van der Waals surface area contributed by atoms with E-state index in [1.807, 2.05) is 0 Å². The van der Waals surface area contributed by atoms with Crippen molar-refractivity contribution in [2.75, 3.05) is 27.4 Å². The van der Waals surface area contributed by atoms with E-state index in [4.69, 9.17) is 25.8 Å². The van der Waals surface area contributed by atoms with Gasteiger partial charge in [0.25, 0.3) is 11.8 Å². The van der Waals surface area contributed by atoms with Crippen molar-refractivity contribution in [2.24, 2.45) is 5.10 Å². The van der Waals surface area contributed by atoms with Crippen LogP contribution in [0.5, 0.6) is 17.2 Å². The number of ether oxygens (including phenoxy) is 3. The number of nitrogens with one attached hydrogen (secondary N) is 2. The molecule has 0 heterocycles. The minimum atomic E-state index is -0.488. The van der Waals surface area contributed by atoms with Crippen molar-refractivity contribution < 1.29 is 23.8 Å². The first-order valence-electron chi connectivity index (χ1n) is 8.21.